The Kier molecular flexibility index (Phi) is 6.41. The number of benzene rings is 1. The van der Waals surface area contributed by atoms with Crippen LogP contribution in [0.2, 0.25) is 0 Å². The highest BCUT2D eigenvalue weighted by molar-refractivity contribution is 7.13. The lowest BCUT2D eigenvalue weighted by atomic mass is 10.1. The predicted octanol–water partition coefficient (Wildman–Crippen LogP) is 2.46. The summed E-state index contributed by atoms with van der Waals surface area (Å²) in [6.07, 6.45) is 0. The Labute approximate surface area is 151 Å². The molecule has 1 aromatic carbocycles. The third-order valence-electron chi connectivity index (χ3n) is 3.69. The largest absolute Gasteiger partial charge is 0.497 e. The second-order valence-electron chi connectivity index (χ2n) is 5.52. The summed E-state index contributed by atoms with van der Waals surface area (Å²) in [4.78, 5) is 27.5. The van der Waals surface area contributed by atoms with Crippen LogP contribution in [0.3, 0.4) is 0 Å². The molecule has 2 rings (SSSR count). The normalized spacial score (nSPS) is 10.2. The maximum Gasteiger partial charge on any atom is 0.261 e. The van der Waals surface area contributed by atoms with Crippen molar-refractivity contribution >= 4 is 23.2 Å². The third-order valence-corrected chi connectivity index (χ3v) is 4.69. The lowest BCUT2D eigenvalue weighted by Crippen LogP contribution is -2.37. The van der Waals surface area contributed by atoms with Crippen LogP contribution in [0, 0.1) is 6.92 Å². The van der Waals surface area contributed by atoms with Crippen LogP contribution in [-0.2, 0) is 11.3 Å². The van der Waals surface area contributed by atoms with Crippen LogP contribution in [-0.4, -0.2) is 44.5 Å². The molecule has 0 aliphatic heterocycles. The number of carbonyl (C=O) groups is 2. The van der Waals surface area contributed by atoms with Crippen LogP contribution in [0.1, 0.15) is 20.1 Å². The smallest absolute Gasteiger partial charge is 0.261 e. The minimum absolute atomic E-state index is 0.0508. The second kappa shape index (κ2) is 8.53. The standard InChI is InChI=1S/C18H22N2O4S/c1-12-5-8-16(25-12)18(22)19-10-17(21)20(2)11-13-6-7-14(23-3)9-15(13)24-4/h5-9H,10-11H2,1-4H3,(H,19,22). The van der Waals surface area contributed by atoms with Crippen molar-refractivity contribution in [3.8, 4) is 11.5 Å². The highest BCUT2D eigenvalue weighted by Gasteiger charge is 2.15. The van der Waals surface area contributed by atoms with E-state index in [1.807, 2.05) is 25.1 Å². The van der Waals surface area contributed by atoms with E-state index < -0.39 is 0 Å². The molecular formula is C18H22N2O4S. The molecule has 0 spiro atoms. The van der Waals surface area contributed by atoms with Gasteiger partial charge in [-0.25, -0.2) is 0 Å². The van der Waals surface area contributed by atoms with Crippen LogP contribution >= 0.6 is 11.3 Å². The molecule has 2 amide bonds. The number of methoxy groups -OCH3 is 2. The van der Waals surface area contributed by atoms with Crippen molar-refractivity contribution in [2.45, 2.75) is 13.5 Å². The van der Waals surface area contributed by atoms with Gasteiger partial charge in [-0.15, -0.1) is 11.3 Å². The third kappa shape index (κ3) is 4.96. The molecule has 0 bridgehead atoms. The molecule has 0 saturated heterocycles. The molecule has 0 radical (unpaired) electrons. The first-order chi connectivity index (χ1) is 11.9. The summed E-state index contributed by atoms with van der Waals surface area (Å²) < 4.78 is 10.5. The predicted molar refractivity (Wildman–Crippen MR) is 97.4 cm³/mol. The molecule has 0 aliphatic rings. The van der Waals surface area contributed by atoms with Gasteiger partial charge in [0.1, 0.15) is 11.5 Å². The zero-order chi connectivity index (χ0) is 18.4. The Balaban J connectivity index is 1.93. The van der Waals surface area contributed by atoms with Gasteiger partial charge in [0.25, 0.3) is 5.91 Å². The van der Waals surface area contributed by atoms with Gasteiger partial charge in [-0.1, -0.05) is 0 Å². The minimum atomic E-state index is -0.234. The summed E-state index contributed by atoms with van der Waals surface area (Å²) in [6.45, 7) is 2.26. The van der Waals surface area contributed by atoms with E-state index in [-0.39, 0.29) is 18.4 Å². The fraction of sp³-hybridized carbons (Fsp3) is 0.333. The molecule has 2 aromatic rings. The van der Waals surface area contributed by atoms with Crippen LogP contribution in [0.25, 0.3) is 0 Å². The van der Waals surface area contributed by atoms with E-state index in [9.17, 15) is 9.59 Å². The Morgan fingerprint density at radius 2 is 1.92 bits per heavy atom. The Morgan fingerprint density at radius 1 is 1.16 bits per heavy atom. The van der Waals surface area contributed by atoms with E-state index in [4.69, 9.17) is 9.47 Å². The number of likely N-dealkylation sites (N-methyl/N-ethyl adjacent to an activating group) is 1. The van der Waals surface area contributed by atoms with Gasteiger partial charge < -0.3 is 19.7 Å². The van der Waals surface area contributed by atoms with Gasteiger partial charge in [-0.05, 0) is 31.2 Å². The van der Waals surface area contributed by atoms with Crippen LogP contribution < -0.4 is 14.8 Å². The lowest BCUT2D eigenvalue weighted by Gasteiger charge is -2.19. The maximum absolute atomic E-state index is 12.3. The summed E-state index contributed by atoms with van der Waals surface area (Å²) in [6, 6.07) is 9.08. The van der Waals surface area contributed by atoms with Crippen LogP contribution in [0.4, 0.5) is 0 Å². The fourth-order valence-corrected chi connectivity index (χ4v) is 3.04. The molecule has 7 heteroatoms. The van der Waals surface area contributed by atoms with E-state index in [1.54, 1.807) is 38.3 Å². The summed E-state index contributed by atoms with van der Waals surface area (Å²) in [5, 5.41) is 2.65. The van der Waals surface area contributed by atoms with E-state index in [2.05, 4.69) is 5.32 Å². The average Bonchev–Trinajstić information content (AvgIpc) is 3.06. The number of nitrogens with zero attached hydrogens (tertiary/aromatic N) is 1. The quantitative estimate of drug-likeness (QED) is 0.822. The number of carbonyl (C=O) groups excluding carboxylic acids is 2. The fourth-order valence-electron chi connectivity index (χ4n) is 2.26. The summed E-state index contributed by atoms with van der Waals surface area (Å²) in [7, 11) is 4.85. The summed E-state index contributed by atoms with van der Waals surface area (Å²) >= 11 is 1.40. The van der Waals surface area contributed by atoms with Crippen molar-refractivity contribution in [2.24, 2.45) is 0 Å². The zero-order valence-corrected chi connectivity index (χ0v) is 15.6. The maximum atomic E-state index is 12.3. The average molecular weight is 362 g/mol. The molecular weight excluding hydrogens is 340 g/mol. The molecule has 1 N–H and O–H groups in total. The second-order valence-corrected chi connectivity index (χ2v) is 6.81. The number of nitrogens with one attached hydrogen (secondary N) is 1. The van der Waals surface area contributed by atoms with Crippen molar-refractivity contribution in [1.82, 2.24) is 10.2 Å². The van der Waals surface area contributed by atoms with Gasteiger partial charge in [0.05, 0.1) is 25.6 Å². The molecule has 0 fully saturated rings. The number of thiophene rings is 1. The van der Waals surface area contributed by atoms with Crippen molar-refractivity contribution in [1.29, 1.82) is 0 Å². The highest BCUT2D eigenvalue weighted by atomic mass is 32.1. The van der Waals surface area contributed by atoms with Crippen molar-refractivity contribution in [2.75, 3.05) is 27.8 Å². The first-order valence-corrected chi connectivity index (χ1v) is 8.55. The monoisotopic (exact) mass is 362 g/mol. The van der Waals surface area contributed by atoms with E-state index in [1.165, 1.54) is 11.3 Å². The number of hydrogen-bond acceptors (Lipinski definition) is 5. The Morgan fingerprint density at radius 3 is 2.52 bits per heavy atom. The Bertz CT molecular complexity index is 757. The van der Waals surface area contributed by atoms with Crippen LogP contribution in [0.15, 0.2) is 30.3 Å². The first kappa shape index (κ1) is 18.8. The van der Waals surface area contributed by atoms with Gasteiger partial charge in [0, 0.05) is 30.1 Å². The van der Waals surface area contributed by atoms with Crippen molar-refractivity contribution < 1.29 is 19.1 Å². The van der Waals surface area contributed by atoms with E-state index >= 15 is 0 Å². The van der Waals surface area contributed by atoms with Gasteiger partial charge in [-0.2, -0.15) is 0 Å². The van der Waals surface area contributed by atoms with Gasteiger partial charge in [0.2, 0.25) is 5.91 Å². The SMILES string of the molecule is COc1ccc(CN(C)C(=O)CNC(=O)c2ccc(C)s2)c(OC)c1. The minimum Gasteiger partial charge on any atom is -0.497 e. The van der Waals surface area contributed by atoms with Crippen molar-refractivity contribution in [3.63, 3.8) is 0 Å². The molecule has 0 atom stereocenters. The molecule has 0 saturated carbocycles. The molecule has 25 heavy (non-hydrogen) atoms. The Hall–Kier alpha value is -2.54. The number of ether oxygens (including phenoxy) is 2. The van der Waals surface area contributed by atoms with Gasteiger partial charge in [-0.3, -0.25) is 9.59 Å². The first-order valence-electron chi connectivity index (χ1n) is 7.74. The molecule has 0 aliphatic carbocycles. The van der Waals surface area contributed by atoms with Crippen molar-refractivity contribution in [3.05, 3.63) is 45.6 Å². The van der Waals surface area contributed by atoms with Crippen LogP contribution in [0.5, 0.6) is 11.5 Å². The lowest BCUT2D eigenvalue weighted by molar-refractivity contribution is -0.129. The topological polar surface area (TPSA) is 67.9 Å². The number of hydrogen-bond donors (Lipinski definition) is 1. The van der Waals surface area contributed by atoms with E-state index in [0.717, 1.165) is 10.4 Å². The molecule has 0 unspecified atom stereocenters. The summed E-state index contributed by atoms with van der Waals surface area (Å²) in [5.74, 6) is 0.923. The number of amides is 2. The molecule has 6 nitrogen and oxygen atoms in total. The zero-order valence-electron chi connectivity index (χ0n) is 14.8. The van der Waals surface area contributed by atoms with Gasteiger partial charge >= 0.3 is 0 Å². The number of aryl methyl sites for hydroxylation is 1. The highest BCUT2D eigenvalue weighted by Crippen LogP contribution is 2.25. The molecule has 134 valence electrons. The van der Waals surface area contributed by atoms with Gasteiger partial charge in [0.15, 0.2) is 0 Å². The number of rotatable bonds is 7. The molecule has 1 heterocycles. The van der Waals surface area contributed by atoms with E-state index in [0.29, 0.717) is 22.9 Å². The summed E-state index contributed by atoms with van der Waals surface area (Å²) in [5.41, 5.74) is 0.861. The molecule has 1 aromatic heterocycles.